The summed E-state index contributed by atoms with van der Waals surface area (Å²) in [7, 11) is 0. The summed E-state index contributed by atoms with van der Waals surface area (Å²) in [5.41, 5.74) is 6.75. The van der Waals surface area contributed by atoms with E-state index >= 15 is 0 Å². The molecule has 1 N–H and O–H groups in total. The van der Waals surface area contributed by atoms with Crippen molar-refractivity contribution < 1.29 is 0 Å². The molecule has 0 bridgehead atoms. The lowest BCUT2D eigenvalue weighted by molar-refractivity contribution is 0.666. The maximum atomic E-state index is 4.88. The molecule has 3 heteroatoms. The van der Waals surface area contributed by atoms with Crippen molar-refractivity contribution in [3.8, 4) is 0 Å². The van der Waals surface area contributed by atoms with Crippen LogP contribution in [0.4, 0.5) is 0 Å². The zero-order valence-corrected chi connectivity index (χ0v) is 11.8. The summed E-state index contributed by atoms with van der Waals surface area (Å²) in [6.45, 7) is 4.02. The van der Waals surface area contributed by atoms with Gasteiger partial charge in [-0.1, -0.05) is 31.2 Å². The maximum absolute atomic E-state index is 4.88. The van der Waals surface area contributed by atoms with Gasteiger partial charge in [0.05, 0.1) is 5.69 Å². The van der Waals surface area contributed by atoms with Crippen molar-refractivity contribution in [1.29, 1.82) is 0 Å². The van der Waals surface area contributed by atoms with Crippen molar-refractivity contribution in [3.05, 3.63) is 58.2 Å². The highest BCUT2D eigenvalue weighted by atomic mass is 15.0. The number of nitrogens with zero attached hydrogens (tertiary/aromatic N) is 2. The number of benzene rings is 1. The minimum Gasteiger partial charge on any atom is -0.307 e. The summed E-state index contributed by atoms with van der Waals surface area (Å²) in [4.78, 5) is 9.73. The summed E-state index contributed by atoms with van der Waals surface area (Å²) in [6, 6.07) is 8.74. The van der Waals surface area contributed by atoms with E-state index in [1.54, 1.807) is 0 Å². The Kier molecular flexibility index (Phi) is 2.81. The van der Waals surface area contributed by atoms with E-state index in [1.165, 1.54) is 28.1 Å². The van der Waals surface area contributed by atoms with Gasteiger partial charge in [0.1, 0.15) is 5.82 Å². The molecule has 0 saturated heterocycles. The first kappa shape index (κ1) is 12.0. The molecule has 2 aliphatic rings. The van der Waals surface area contributed by atoms with Crippen LogP contribution in [0.25, 0.3) is 0 Å². The van der Waals surface area contributed by atoms with Gasteiger partial charge in [-0.2, -0.15) is 0 Å². The fourth-order valence-corrected chi connectivity index (χ4v) is 3.48. The minimum absolute atomic E-state index is 0.462. The second kappa shape index (κ2) is 4.67. The summed E-state index contributed by atoms with van der Waals surface area (Å²) >= 11 is 0. The number of fused-ring (bicyclic) bond motifs is 2. The average molecular weight is 265 g/mol. The Bertz CT molecular complexity index is 638. The normalized spacial score (nSPS) is 17.2. The lowest BCUT2D eigenvalue weighted by Gasteiger charge is -2.12. The van der Waals surface area contributed by atoms with E-state index in [-0.39, 0.29) is 0 Å². The van der Waals surface area contributed by atoms with Gasteiger partial charge < -0.3 is 5.32 Å². The third-order valence-electron chi connectivity index (χ3n) is 4.54. The van der Waals surface area contributed by atoms with Crippen molar-refractivity contribution in [3.63, 3.8) is 0 Å². The fraction of sp³-hybridized carbons (Fsp3) is 0.412. The molecule has 1 aliphatic heterocycles. The van der Waals surface area contributed by atoms with Crippen molar-refractivity contribution in [2.45, 2.75) is 45.2 Å². The molecular weight excluding hydrogens is 246 g/mol. The highest BCUT2D eigenvalue weighted by Gasteiger charge is 2.27. The van der Waals surface area contributed by atoms with Crippen LogP contribution in [0.5, 0.6) is 0 Å². The average Bonchev–Trinajstić information content (AvgIpc) is 3.12. The molecule has 0 radical (unpaired) electrons. The van der Waals surface area contributed by atoms with Crippen LogP contribution in [0.15, 0.2) is 24.3 Å². The SMILES string of the molecule is CCc1nc(C2Cc3ccccc3C2)nc2c1CNC2. The van der Waals surface area contributed by atoms with Crippen molar-refractivity contribution in [1.82, 2.24) is 15.3 Å². The fourth-order valence-electron chi connectivity index (χ4n) is 3.48. The van der Waals surface area contributed by atoms with E-state index in [4.69, 9.17) is 9.97 Å². The Morgan fingerprint density at radius 2 is 1.85 bits per heavy atom. The Morgan fingerprint density at radius 3 is 2.55 bits per heavy atom. The first-order valence-electron chi connectivity index (χ1n) is 7.51. The molecule has 102 valence electrons. The van der Waals surface area contributed by atoms with E-state index in [0.29, 0.717) is 5.92 Å². The van der Waals surface area contributed by atoms with Gasteiger partial charge in [-0.05, 0) is 30.4 Å². The van der Waals surface area contributed by atoms with Crippen LogP contribution in [-0.4, -0.2) is 9.97 Å². The van der Waals surface area contributed by atoms with Crippen LogP contribution in [0.2, 0.25) is 0 Å². The van der Waals surface area contributed by atoms with Gasteiger partial charge in [-0.3, -0.25) is 0 Å². The van der Waals surface area contributed by atoms with Crippen LogP contribution in [0, 0.1) is 0 Å². The first-order chi connectivity index (χ1) is 9.85. The van der Waals surface area contributed by atoms with E-state index in [1.807, 2.05) is 0 Å². The quantitative estimate of drug-likeness (QED) is 0.906. The van der Waals surface area contributed by atoms with Crippen LogP contribution in [-0.2, 0) is 32.4 Å². The summed E-state index contributed by atoms with van der Waals surface area (Å²) in [5.74, 6) is 1.52. The predicted molar refractivity (Wildman–Crippen MR) is 78.5 cm³/mol. The summed E-state index contributed by atoms with van der Waals surface area (Å²) in [6.07, 6.45) is 3.18. The highest BCUT2D eigenvalue weighted by molar-refractivity contribution is 5.36. The number of aryl methyl sites for hydroxylation is 1. The molecule has 20 heavy (non-hydrogen) atoms. The van der Waals surface area contributed by atoms with Crippen molar-refractivity contribution in [2.24, 2.45) is 0 Å². The smallest absolute Gasteiger partial charge is 0.132 e. The molecule has 2 heterocycles. The number of rotatable bonds is 2. The molecule has 0 unspecified atom stereocenters. The third-order valence-corrected chi connectivity index (χ3v) is 4.54. The molecule has 1 aromatic carbocycles. The Labute approximate surface area is 119 Å². The standard InChI is InChI=1S/C17H19N3/c1-2-15-14-9-18-10-16(14)20-17(19-15)13-7-11-5-3-4-6-12(11)8-13/h3-6,13,18H,2,7-10H2,1H3. The van der Waals surface area contributed by atoms with Gasteiger partial charge in [0.15, 0.2) is 0 Å². The van der Waals surface area contributed by atoms with Crippen LogP contribution < -0.4 is 5.32 Å². The Hall–Kier alpha value is -1.74. The summed E-state index contributed by atoms with van der Waals surface area (Å²) in [5, 5.41) is 3.39. The molecule has 1 aliphatic carbocycles. The van der Waals surface area contributed by atoms with Crippen molar-refractivity contribution >= 4 is 0 Å². The molecule has 0 fully saturated rings. The monoisotopic (exact) mass is 265 g/mol. The van der Waals surface area contributed by atoms with E-state index in [0.717, 1.165) is 38.2 Å². The molecular formula is C17H19N3. The van der Waals surface area contributed by atoms with Gasteiger partial charge in [-0.25, -0.2) is 9.97 Å². The van der Waals surface area contributed by atoms with E-state index in [9.17, 15) is 0 Å². The van der Waals surface area contributed by atoms with E-state index < -0.39 is 0 Å². The zero-order chi connectivity index (χ0) is 13.5. The molecule has 0 saturated carbocycles. The second-order valence-electron chi connectivity index (χ2n) is 5.78. The molecule has 0 amide bonds. The molecule has 2 aromatic rings. The van der Waals surface area contributed by atoms with Gasteiger partial charge in [0.2, 0.25) is 0 Å². The van der Waals surface area contributed by atoms with Gasteiger partial charge in [-0.15, -0.1) is 0 Å². The number of hydrogen-bond donors (Lipinski definition) is 1. The van der Waals surface area contributed by atoms with E-state index in [2.05, 4.69) is 36.5 Å². The van der Waals surface area contributed by atoms with Gasteiger partial charge in [0, 0.05) is 30.3 Å². The molecule has 1 aromatic heterocycles. The molecule has 0 atom stereocenters. The maximum Gasteiger partial charge on any atom is 0.132 e. The Morgan fingerprint density at radius 1 is 1.10 bits per heavy atom. The first-order valence-corrected chi connectivity index (χ1v) is 7.51. The van der Waals surface area contributed by atoms with Gasteiger partial charge >= 0.3 is 0 Å². The van der Waals surface area contributed by atoms with Gasteiger partial charge in [0.25, 0.3) is 0 Å². The number of hydrogen-bond acceptors (Lipinski definition) is 3. The van der Waals surface area contributed by atoms with Crippen molar-refractivity contribution in [2.75, 3.05) is 0 Å². The van der Waals surface area contributed by atoms with Crippen LogP contribution >= 0.6 is 0 Å². The number of nitrogens with one attached hydrogen (secondary N) is 1. The molecule has 3 nitrogen and oxygen atoms in total. The second-order valence-corrected chi connectivity index (χ2v) is 5.78. The largest absolute Gasteiger partial charge is 0.307 e. The molecule has 0 spiro atoms. The highest BCUT2D eigenvalue weighted by Crippen LogP contribution is 2.33. The minimum atomic E-state index is 0.462. The molecule has 4 rings (SSSR count). The topological polar surface area (TPSA) is 37.8 Å². The lowest BCUT2D eigenvalue weighted by Crippen LogP contribution is -2.10. The summed E-state index contributed by atoms with van der Waals surface area (Å²) < 4.78 is 0. The zero-order valence-electron chi connectivity index (χ0n) is 11.8. The van der Waals surface area contributed by atoms with Crippen LogP contribution in [0.3, 0.4) is 0 Å². The number of aromatic nitrogens is 2. The van der Waals surface area contributed by atoms with Crippen LogP contribution in [0.1, 0.15) is 46.7 Å². The predicted octanol–water partition coefficient (Wildman–Crippen LogP) is 2.52. The Balaban J connectivity index is 1.71. The third kappa shape index (κ3) is 1.85. The lowest BCUT2D eigenvalue weighted by atomic mass is 10.0.